The summed E-state index contributed by atoms with van der Waals surface area (Å²) in [6.07, 6.45) is -0.0577. The predicted molar refractivity (Wildman–Crippen MR) is 64.2 cm³/mol. The molecule has 1 heterocycles. The Hall–Kier alpha value is -1.00. The number of methoxy groups -OCH3 is 1. The molecule has 0 radical (unpaired) electrons. The summed E-state index contributed by atoms with van der Waals surface area (Å²) in [7, 11) is 1.67. The van der Waals surface area contributed by atoms with Crippen molar-refractivity contribution in [3.05, 3.63) is 23.3 Å². The molecule has 16 heavy (non-hydrogen) atoms. The van der Waals surface area contributed by atoms with E-state index in [1.54, 1.807) is 7.11 Å². The van der Waals surface area contributed by atoms with Crippen LogP contribution >= 0.6 is 0 Å². The molecule has 0 bridgehead atoms. The molecule has 90 valence electrons. The summed E-state index contributed by atoms with van der Waals surface area (Å²) in [6.45, 7) is 8.94. The predicted octanol–water partition coefficient (Wildman–Crippen LogP) is 1.99. The molecule has 0 spiro atoms. The van der Waals surface area contributed by atoms with Gasteiger partial charge >= 0.3 is 0 Å². The number of nitrogens with one attached hydrogen (secondary N) is 1. The fourth-order valence-corrected chi connectivity index (χ4v) is 1.34. The van der Waals surface area contributed by atoms with Gasteiger partial charge in [0.25, 0.3) is 0 Å². The topological polar surface area (TPSA) is 47.0 Å². The third kappa shape index (κ3) is 3.87. The summed E-state index contributed by atoms with van der Waals surface area (Å²) in [5.41, 5.74) is 1.99. The number of aromatic nitrogens is 2. The molecule has 0 aliphatic heterocycles. The molecule has 0 saturated carbocycles. The highest BCUT2D eigenvalue weighted by Crippen LogP contribution is 2.12. The van der Waals surface area contributed by atoms with E-state index in [0.717, 1.165) is 23.8 Å². The summed E-state index contributed by atoms with van der Waals surface area (Å²) in [4.78, 5) is 8.85. The van der Waals surface area contributed by atoms with Crippen LogP contribution in [0.1, 0.15) is 44.1 Å². The molecule has 4 heteroatoms. The first-order valence-electron chi connectivity index (χ1n) is 5.63. The number of aryl methyl sites for hydroxylation is 1. The van der Waals surface area contributed by atoms with E-state index in [9.17, 15) is 0 Å². The lowest BCUT2D eigenvalue weighted by molar-refractivity contribution is 0.111. The van der Waals surface area contributed by atoms with Crippen molar-refractivity contribution in [2.45, 2.75) is 46.4 Å². The van der Waals surface area contributed by atoms with Gasteiger partial charge in [0.05, 0.1) is 5.69 Å². The van der Waals surface area contributed by atoms with Gasteiger partial charge in [0.1, 0.15) is 6.10 Å². The van der Waals surface area contributed by atoms with E-state index < -0.39 is 0 Å². The van der Waals surface area contributed by atoms with Gasteiger partial charge in [0, 0.05) is 25.4 Å². The number of nitrogens with zero attached hydrogens (tertiary/aromatic N) is 2. The zero-order chi connectivity index (χ0) is 12.1. The lowest BCUT2D eigenvalue weighted by atomic mass is 10.2. The van der Waals surface area contributed by atoms with Crippen LogP contribution in [0, 0.1) is 6.92 Å². The van der Waals surface area contributed by atoms with Gasteiger partial charge in [0.2, 0.25) is 0 Å². The zero-order valence-corrected chi connectivity index (χ0v) is 10.7. The molecule has 0 aliphatic rings. The number of ether oxygens (including phenoxy) is 1. The van der Waals surface area contributed by atoms with Crippen molar-refractivity contribution in [2.75, 3.05) is 7.11 Å². The maximum absolute atomic E-state index is 5.23. The first-order valence-corrected chi connectivity index (χ1v) is 5.63. The Labute approximate surface area is 97.5 Å². The minimum Gasteiger partial charge on any atom is -0.374 e. The van der Waals surface area contributed by atoms with Crippen molar-refractivity contribution >= 4 is 0 Å². The van der Waals surface area contributed by atoms with Crippen molar-refractivity contribution in [3.8, 4) is 0 Å². The molecule has 1 aromatic rings. The van der Waals surface area contributed by atoms with E-state index in [2.05, 4.69) is 29.1 Å². The maximum atomic E-state index is 5.23. The second kappa shape index (κ2) is 5.92. The van der Waals surface area contributed by atoms with Crippen LogP contribution < -0.4 is 5.32 Å². The first kappa shape index (κ1) is 13.1. The molecule has 1 unspecified atom stereocenters. The van der Waals surface area contributed by atoms with E-state index in [0.29, 0.717) is 6.04 Å². The van der Waals surface area contributed by atoms with E-state index in [1.807, 2.05) is 19.9 Å². The van der Waals surface area contributed by atoms with Crippen molar-refractivity contribution in [2.24, 2.45) is 0 Å². The van der Waals surface area contributed by atoms with Gasteiger partial charge in [-0.3, -0.25) is 0 Å². The Morgan fingerprint density at radius 2 is 2.00 bits per heavy atom. The average molecular weight is 223 g/mol. The SMILES string of the molecule is COC(C)c1nc(C)cc(CNC(C)C)n1. The van der Waals surface area contributed by atoms with Gasteiger partial charge < -0.3 is 10.1 Å². The molecule has 1 atom stereocenters. The van der Waals surface area contributed by atoms with Crippen molar-refractivity contribution in [1.29, 1.82) is 0 Å². The quantitative estimate of drug-likeness (QED) is 0.829. The number of rotatable bonds is 5. The Morgan fingerprint density at radius 1 is 1.31 bits per heavy atom. The third-order valence-corrected chi connectivity index (χ3v) is 2.33. The second-order valence-electron chi connectivity index (χ2n) is 4.27. The second-order valence-corrected chi connectivity index (χ2v) is 4.27. The summed E-state index contributed by atoms with van der Waals surface area (Å²) in [5.74, 6) is 0.753. The molecule has 0 aromatic carbocycles. The van der Waals surface area contributed by atoms with Crippen LogP contribution in [0.5, 0.6) is 0 Å². The van der Waals surface area contributed by atoms with Crippen LogP contribution in [-0.2, 0) is 11.3 Å². The van der Waals surface area contributed by atoms with E-state index in [1.165, 1.54) is 0 Å². The van der Waals surface area contributed by atoms with Gasteiger partial charge in [-0.2, -0.15) is 0 Å². The van der Waals surface area contributed by atoms with Crippen LogP contribution in [-0.4, -0.2) is 23.1 Å². The Kier molecular flexibility index (Phi) is 4.83. The van der Waals surface area contributed by atoms with Crippen LogP contribution in [0.4, 0.5) is 0 Å². The van der Waals surface area contributed by atoms with Gasteiger partial charge in [-0.25, -0.2) is 9.97 Å². The standard InChI is InChI=1S/C12H21N3O/c1-8(2)13-7-11-6-9(3)14-12(15-11)10(4)16-5/h6,8,10,13H,7H2,1-5H3. The van der Waals surface area contributed by atoms with Crippen LogP contribution in [0.3, 0.4) is 0 Å². The van der Waals surface area contributed by atoms with Gasteiger partial charge in [-0.1, -0.05) is 13.8 Å². The van der Waals surface area contributed by atoms with Gasteiger partial charge in [0.15, 0.2) is 5.82 Å². The largest absolute Gasteiger partial charge is 0.374 e. The van der Waals surface area contributed by atoms with E-state index >= 15 is 0 Å². The Morgan fingerprint density at radius 3 is 2.56 bits per heavy atom. The summed E-state index contributed by atoms with van der Waals surface area (Å²) >= 11 is 0. The van der Waals surface area contributed by atoms with Gasteiger partial charge in [-0.15, -0.1) is 0 Å². The summed E-state index contributed by atoms with van der Waals surface area (Å²) in [5, 5.41) is 3.34. The number of hydrogen-bond donors (Lipinski definition) is 1. The monoisotopic (exact) mass is 223 g/mol. The molecule has 0 saturated heterocycles. The molecule has 1 rings (SSSR count). The molecule has 1 N–H and O–H groups in total. The van der Waals surface area contributed by atoms with Crippen molar-refractivity contribution < 1.29 is 4.74 Å². The van der Waals surface area contributed by atoms with Crippen molar-refractivity contribution in [3.63, 3.8) is 0 Å². The Balaban J connectivity index is 2.81. The highest BCUT2D eigenvalue weighted by molar-refractivity contribution is 5.11. The summed E-state index contributed by atoms with van der Waals surface area (Å²) < 4.78 is 5.23. The maximum Gasteiger partial charge on any atom is 0.157 e. The molecule has 0 fully saturated rings. The smallest absolute Gasteiger partial charge is 0.157 e. The normalized spacial score (nSPS) is 13.1. The van der Waals surface area contributed by atoms with Crippen molar-refractivity contribution in [1.82, 2.24) is 15.3 Å². The van der Waals surface area contributed by atoms with Crippen LogP contribution in [0.25, 0.3) is 0 Å². The molecular weight excluding hydrogens is 202 g/mol. The average Bonchev–Trinajstić information content (AvgIpc) is 2.24. The van der Waals surface area contributed by atoms with E-state index in [-0.39, 0.29) is 6.10 Å². The molecule has 4 nitrogen and oxygen atoms in total. The van der Waals surface area contributed by atoms with Gasteiger partial charge in [-0.05, 0) is 19.9 Å². The fourth-order valence-electron chi connectivity index (χ4n) is 1.34. The highest BCUT2D eigenvalue weighted by atomic mass is 16.5. The molecule has 0 aliphatic carbocycles. The lowest BCUT2D eigenvalue weighted by Crippen LogP contribution is -2.23. The minimum absolute atomic E-state index is 0.0577. The molecule has 1 aromatic heterocycles. The fraction of sp³-hybridized carbons (Fsp3) is 0.667. The Bertz CT molecular complexity index is 339. The summed E-state index contributed by atoms with van der Waals surface area (Å²) in [6, 6.07) is 2.46. The van der Waals surface area contributed by atoms with Crippen LogP contribution in [0.2, 0.25) is 0 Å². The molecular formula is C12H21N3O. The third-order valence-electron chi connectivity index (χ3n) is 2.33. The highest BCUT2D eigenvalue weighted by Gasteiger charge is 2.09. The van der Waals surface area contributed by atoms with E-state index in [4.69, 9.17) is 4.74 Å². The first-order chi connectivity index (χ1) is 7.52. The minimum atomic E-state index is -0.0577. The molecule has 0 amide bonds. The number of hydrogen-bond acceptors (Lipinski definition) is 4. The zero-order valence-electron chi connectivity index (χ0n) is 10.7. The van der Waals surface area contributed by atoms with Crippen LogP contribution in [0.15, 0.2) is 6.07 Å². The lowest BCUT2D eigenvalue weighted by Gasteiger charge is -2.12.